The van der Waals surface area contributed by atoms with E-state index >= 15 is 0 Å². The van der Waals surface area contributed by atoms with Crippen molar-refractivity contribution in [2.75, 3.05) is 19.7 Å². The summed E-state index contributed by atoms with van der Waals surface area (Å²) >= 11 is 0. The van der Waals surface area contributed by atoms with Gasteiger partial charge in [0.2, 0.25) is 5.91 Å². The third-order valence-corrected chi connectivity index (χ3v) is 4.18. The van der Waals surface area contributed by atoms with E-state index in [0.29, 0.717) is 19.5 Å². The molecule has 2 aliphatic heterocycles. The number of aliphatic hydroxyl groups excluding tert-OH is 1. The fourth-order valence-electron chi connectivity index (χ4n) is 3.07. The zero-order chi connectivity index (χ0) is 15.0. The molecule has 2 saturated heterocycles. The van der Waals surface area contributed by atoms with E-state index in [9.17, 15) is 14.7 Å². The maximum absolute atomic E-state index is 12.0. The monoisotopic (exact) mass is 284 g/mol. The average molecular weight is 284 g/mol. The molecule has 0 aromatic heterocycles. The van der Waals surface area contributed by atoms with E-state index in [1.165, 1.54) is 0 Å². The van der Waals surface area contributed by atoms with Crippen LogP contribution in [-0.4, -0.2) is 53.3 Å². The topological polar surface area (TPSA) is 78.9 Å². The predicted molar refractivity (Wildman–Crippen MR) is 73.1 cm³/mol. The minimum absolute atomic E-state index is 0.00484. The first kappa shape index (κ1) is 15.1. The Bertz CT molecular complexity index is 394. The molecule has 0 radical (unpaired) electrons. The molecule has 2 aliphatic rings. The second-order valence-electron chi connectivity index (χ2n) is 6.81. The molecule has 2 rings (SSSR count). The number of carbonyl (C=O) groups is 2. The van der Waals surface area contributed by atoms with Crippen molar-refractivity contribution in [1.82, 2.24) is 10.2 Å². The number of carbonyl (C=O) groups excluding carboxylic acids is 2. The molecule has 2 heterocycles. The number of likely N-dealkylation sites (tertiary alicyclic amines) is 1. The summed E-state index contributed by atoms with van der Waals surface area (Å²) in [6.45, 7) is 6.63. The van der Waals surface area contributed by atoms with Crippen LogP contribution in [0.5, 0.6) is 0 Å². The number of nitrogens with one attached hydrogen (secondary N) is 1. The molecule has 0 aromatic carbocycles. The van der Waals surface area contributed by atoms with Gasteiger partial charge in [0.25, 0.3) is 0 Å². The molecule has 114 valence electrons. The number of nitrogens with zero attached hydrogens (tertiary/aromatic N) is 1. The van der Waals surface area contributed by atoms with Crippen molar-refractivity contribution in [3.8, 4) is 0 Å². The average Bonchev–Trinajstić information content (AvgIpc) is 2.64. The van der Waals surface area contributed by atoms with E-state index in [2.05, 4.69) is 5.32 Å². The Morgan fingerprint density at radius 3 is 2.55 bits per heavy atom. The number of ether oxygens (including phenoxy) is 1. The van der Waals surface area contributed by atoms with Crippen molar-refractivity contribution in [1.29, 1.82) is 0 Å². The smallest absolute Gasteiger partial charge is 0.410 e. The van der Waals surface area contributed by atoms with Gasteiger partial charge in [0, 0.05) is 24.9 Å². The van der Waals surface area contributed by atoms with Crippen LogP contribution in [0.4, 0.5) is 4.79 Å². The molecule has 2 fully saturated rings. The van der Waals surface area contributed by atoms with Gasteiger partial charge in [0.05, 0.1) is 12.6 Å². The Labute approximate surface area is 119 Å². The maximum atomic E-state index is 12.0. The molecule has 0 bridgehead atoms. The van der Waals surface area contributed by atoms with Gasteiger partial charge in [-0.05, 0) is 33.6 Å². The number of amides is 2. The first-order valence-corrected chi connectivity index (χ1v) is 7.14. The van der Waals surface area contributed by atoms with Gasteiger partial charge < -0.3 is 20.1 Å². The molecule has 20 heavy (non-hydrogen) atoms. The molecule has 1 atom stereocenters. The maximum Gasteiger partial charge on any atom is 0.410 e. The summed E-state index contributed by atoms with van der Waals surface area (Å²) in [5.41, 5.74) is -0.699. The van der Waals surface area contributed by atoms with E-state index in [4.69, 9.17) is 4.74 Å². The molecule has 0 aromatic rings. The van der Waals surface area contributed by atoms with Gasteiger partial charge in [-0.2, -0.15) is 0 Å². The Morgan fingerprint density at radius 2 is 2.05 bits per heavy atom. The van der Waals surface area contributed by atoms with Crippen LogP contribution in [0.1, 0.15) is 40.0 Å². The Kier molecular flexibility index (Phi) is 3.95. The molecule has 2 N–H and O–H groups in total. The van der Waals surface area contributed by atoms with Crippen LogP contribution >= 0.6 is 0 Å². The number of piperidine rings is 1. The van der Waals surface area contributed by atoms with Gasteiger partial charge in [-0.15, -0.1) is 0 Å². The van der Waals surface area contributed by atoms with Crippen molar-refractivity contribution < 1.29 is 19.4 Å². The lowest BCUT2D eigenvalue weighted by molar-refractivity contribution is -0.120. The lowest BCUT2D eigenvalue weighted by Crippen LogP contribution is -2.50. The Morgan fingerprint density at radius 1 is 1.45 bits per heavy atom. The van der Waals surface area contributed by atoms with Gasteiger partial charge in [-0.25, -0.2) is 4.79 Å². The summed E-state index contributed by atoms with van der Waals surface area (Å²) in [5.74, 6) is -0.00484. The molecular formula is C14H24N2O4. The minimum Gasteiger partial charge on any atom is -0.444 e. The fraction of sp³-hybridized carbons (Fsp3) is 0.857. The van der Waals surface area contributed by atoms with Crippen LogP contribution in [-0.2, 0) is 9.53 Å². The third-order valence-electron chi connectivity index (χ3n) is 4.18. The minimum atomic E-state index is -0.495. The van der Waals surface area contributed by atoms with Crippen LogP contribution < -0.4 is 5.32 Å². The number of rotatable bonds is 1. The van der Waals surface area contributed by atoms with Gasteiger partial charge >= 0.3 is 6.09 Å². The molecule has 0 unspecified atom stereocenters. The SMILES string of the molecule is CC(C)(C)OC(=O)N1CCC2(CC1)CC(=O)N[C@@H]2CO. The largest absolute Gasteiger partial charge is 0.444 e. The van der Waals surface area contributed by atoms with Crippen molar-refractivity contribution >= 4 is 12.0 Å². The summed E-state index contributed by atoms with van der Waals surface area (Å²) in [4.78, 5) is 25.3. The molecule has 2 amide bonds. The highest BCUT2D eigenvalue weighted by atomic mass is 16.6. The van der Waals surface area contributed by atoms with Gasteiger partial charge in [0.1, 0.15) is 5.60 Å². The standard InChI is InChI=1S/C14H24N2O4/c1-13(2,3)20-12(19)16-6-4-14(5-7-16)8-11(18)15-10(14)9-17/h10,17H,4-9H2,1-3H3,(H,15,18)/t10-/m1/s1. The lowest BCUT2D eigenvalue weighted by Gasteiger charge is -2.41. The van der Waals surface area contributed by atoms with Gasteiger partial charge in [-0.3, -0.25) is 4.79 Å². The molecule has 0 aliphatic carbocycles. The summed E-state index contributed by atoms with van der Waals surface area (Å²) in [6, 6.07) is -0.184. The van der Waals surface area contributed by atoms with E-state index < -0.39 is 5.60 Å². The van der Waals surface area contributed by atoms with Crippen LogP contribution in [0.3, 0.4) is 0 Å². The highest BCUT2D eigenvalue weighted by Gasteiger charge is 2.48. The highest BCUT2D eigenvalue weighted by molar-refractivity contribution is 5.80. The predicted octanol–water partition coefficient (Wildman–Crippen LogP) is 0.884. The van der Waals surface area contributed by atoms with Crippen molar-refractivity contribution in [2.45, 2.75) is 51.7 Å². The van der Waals surface area contributed by atoms with Crippen molar-refractivity contribution in [3.05, 3.63) is 0 Å². The summed E-state index contributed by atoms with van der Waals surface area (Å²) in [6.07, 6.45) is 1.58. The summed E-state index contributed by atoms with van der Waals surface area (Å²) in [7, 11) is 0. The van der Waals surface area contributed by atoms with Gasteiger partial charge in [-0.1, -0.05) is 0 Å². The van der Waals surface area contributed by atoms with E-state index in [0.717, 1.165) is 12.8 Å². The first-order valence-electron chi connectivity index (χ1n) is 7.14. The number of hydrogen-bond donors (Lipinski definition) is 2. The van der Waals surface area contributed by atoms with E-state index in [1.54, 1.807) is 4.90 Å². The van der Waals surface area contributed by atoms with Crippen LogP contribution in [0.25, 0.3) is 0 Å². The van der Waals surface area contributed by atoms with E-state index in [-0.39, 0.29) is 30.1 Å². The zero-order valence-corrected chi connectivity index (χ0v) is 12.4. The molecule has 0 saturated carbocycles. The van der Waals surface area contributed by atoms with E-state index in [1.807, 2.05) is 20.8 Å². The second kappa shape index (κ2) is 5.24. The third kappa shape index (κ3) is 3.06. The second-order valence-corrected chi connectivity index (χ2v) is 6.81. The molecule has 1 spiro atoms. The molecular weight excluding hydrogens is 260 g/mol. The highest BCUT2D eigenvalue weighted by Crippen LogP contribution is 2.42. The van der Waals surface area contributed by atoms with Crippen LogP contribution in [0.2, 0.25) is 0 Å². The summed E-state index contributed by atoms with van der Waals surface area (Å²) in [5, 5.41) is 12.2. The summed E-state index contributed by atoms with van der Waals surface area (Å²) < 4.78 is 5.36. The Hall–Kier alpha value is -1.30. The number of hydrogen-bond acceptors (Lipinski definition) is 4. The van der Waals surface area contributed by atoms with Crippen molar-refractivity contribution in [2.24, 2.45) is 5.41 Å². The Balaban J connectivity index is 1.95. The number of aliphatic hydroxyl groups is 1. The lowest BCUT2D eigenvalue weighted by atomic mass is 9.72. The zero-order valence-electron chi connectivity index (χ0n) is 12.4. The van der Waals surface area contributed by atoms with Gasteiger partial charge in [0.15, 0.2) is 0 Å². The van der Waals surface area contributed by atoms with Crippen LogP contribution in [0, 0.1) is 5.41 Å². The normalized spacial score (nSPS) is 25.7. The first-order chi connectivity index (χ1) is 9.26. The van der Waals surface area contributed by atoms with Crippen molar-refractivity contribution in [3.63, 3.8) is 0 Å². The van der Waals surface area contributed by atoms with Crippen LogP contribution in [0.15, 0.2) is 0 Å². The molecule has 6 nitrogen and oxygen atoms in total. The molecule has 6 heteroatoms. The quantitative estimate of drug-likeness (QED) is 0.749. The fourth-order valence-corrected chi connectivity index (χ4v) is 3.07.